The molecular weight excluding hydrogens is 236 g/mol. The van der Waals surface area contributed by atoms with E-state index in [9.17, 15) is 0 Å². The summed E-state index contributed by atoms with van der Waals surface area (Å²) in [5.74, 6) is 0.688. The lowest BCUT2D eigenvalue weighted by atomic mass is 9.55. The van der Waals surface area contributed by atoms with E-state index in [2.05, 4.69) is 36.3 Å². The minimum atomic E-state index is 0.245. The van der Waals surface area contributed by atoms with E-state index in [1.807, 2.05) is 13.0 Å². The third kappa shape index (κ3) is 2.30. The van der Waals surface area contributed by atoms with E-state index in [0.717, 1.165) is 24.5 Å². The van der Waals surface area contributed by atoms with Gasteiger partial charge in [0.1, 0.15) is 0 Å². The Hall–Kier alpha value is -0.930. The van der Waals surface area contributed by atoms with Gasteiger partial charge in [-0.2, -0.15) is 0 Å². The lowest BCUT2D eigenvalue weighted by Crippen LogP contribution is -2.69. The highest BCUT2D eigenvalue weighted by molar-refractivity contribution is 5.13. The standard InChI is InChI=1S/C16H24N2O/c1-11-6-4-7-12(18-11)10-17-14-13-8-5-9-19-15(13)16(14,2)3/h4,6-7,13-15,17H,5,8-10H2,1-3H3. The van der Waals surface area contributed by atoms with E-state index < -0.39 is 0 Å². The van der Waals surface area contributed by atoms with Gasteiger partial charge >= 0.3 is 0 Å². The third-order valence-corrected chi connectivity index (χ3v) is 4.78. The molecule has 1 N–H and O–H groups in total. The number of ether oxygens (including phenoxy) is 1. The van der Waals surface area contributed by atoms with E-state index in [1.54, 1.807) is 0 Å². The molecule has 1 aromatic rings. The Morgan fingerprint density at radius 3 is 3.05 bits per heavy atom. The van der Waals surface area contributed by atoms with Gasteiger partial charge in [0.15, 0.2) is 0 Å². The molecule has 2 fully saturated rings. The minimum absolute atomic E-state index is 0.245. The number of fused-ring (bicyclic) bond motifs is 1. The fourth-order valence-electron chi connectivity index (χ4n) is 3.85. The predicted molar refractivity (Wildman–Crippen MR) is 75.8 cm³/mol. The Morgan fingerprint density at radius 1 is 1.42 bits per heavy atom. The molecule has 1 saturated heterocycles. The molecule has 3 heteroatoms. The topological polar surface area (TPSA) is 34.1 Å². The fourth-order valence-corrected chi connectivity index (χ4v) is 3.85. The van der Waals surface area contributed by atoms with E-state index in [0.29, 0.717) is 18.1 Å². The zero-order chi connectivity index (χ0) is 13.5. The molecule has 1 saturated carbocycles. The highest BCUT2D eigenvalue weighted by Crippen LogP contribution is 2.51. The highest BCUT2D eigenvalue weighted by atomic mass is 16.5. The molecule has 1 aliphatic carbocycles. The molecule has 0 spiro atoms. The maximum absolute atomic E-state index is 5.94. The second-order valence-electron chi connectivity index (χ2n) is 6.55. The summed E-state index contributed by atoms with van der Waals surface area (Å²) in [6.07, 6.45) is 2.95. The Balaban J connectivity index is 1.63. The summed E-state index contributed by atoms with van der Waals surface area (Å²) in [5.41, 5.74) is 2.47. The number of pyridine rings is 1. The second-order valence-corrected chi connectivity index (χ2v) is 6.55. The van der Waals surface area contributed by atoms with Crippen LogP contribution in [0.1, 0.15) is 38.1 Å². The van der Waals surface area contributed by atoms with Crippen LogP contribution >= 0.6 is 0 Å². The van der Waals surface area contributed by atoms with Gasteiger partial charge in [0.2, 0.25) is 0 Å². The molecule has 0 radical (unpaired) electrons. The number of nitrogens with zero attached hydrogens (tertiary/aromatic N) is 1. The van der Waals surface area contributed by atoms with Crippen molar-refractivity contribution in [1.82, 2.24) is 10.3 Å². The first-order valence-corrected chi connectivity index (χ1v) is 7.36. The van der Waals surface area contributed by atoms with Crippen LogP contribution in [-0.4, -0.2) is 23.7 Å². The quantitative estimate of drug-likeness (QED) is 0.907. The SMILES string of the molecule is Cc1cccc(CNC2C3CCCOC3C2(C)C)n1. The van der Waals surface area contributed by atoms with Gasteiger partial charge in [-0.05, 0) is 31.9 Å². The highest BCUT2D eigenvalue weighted by Gasteiger charge is 2.57. The summed E-state index contributed by atoms with van der Waals surface area (Å²) >= 11 is 0. The normalized spacial score (nSPS) is 32.5. The molecule has 19 heavy (non-hydrogen) atoms. The molecule has 2 heterocycles. The zero-order valence-electron chi connectivity index (χ0n) is 12.1. The lowest BCUT2D eigenvalue weighted by Gasteiger charge is -2.60. The molecular formula is C16H24N2O. The molecule has 3 rings (SSSR count). The van der Waals surface area contributed by atoms with Crippen molar-refractivity contribution in [3.63, 3.8) is 0 Å². The molecule has 2 aliphatic rings. The van der Waals surface area contributed by atoms with Gasteiger partial charge in [-0.3, -0.25) is 4.98 Å². The van der Waals surface area contributed by atoms with E-state index in [-0.39, 0.29) is 5.41 Å². The van der Waals surface area contributed by atoms with E-state index in [4.69, 9.17) is 4.74 Å². The van der Waals surface area contributed by atoms with Crippen molar-refractivity contribution in [2.75, 3.05) is 6.61 Å². The predicted octanol–water partition coefficient (Wildman–Crippen LogP) is 2.68. The summed E-state index contributed by atoms with van der Waals surface area (Å²) in [6, 6.07) is 6.78. The van der Waals surface area contributed by atoms with Crippen LogP contribution in [0.4, 0.5) is 0 Å². The molecule has 0 aromatic carbocycles. The number of aryl methyl sites for hydroxylation is 1. The van der Waals surface area contributed by atoms with Crippen LogP contribution in [-0.2, 0) is 11.3 Å². The molecule has 0 bridgehead atoms. The molecule has 3 nitrogen and oxygen atoms in total. The van der Waals surface area contributed by atoms with Crippen LogP contribution in [0, 0.1) is 18.3 Å². The average Bonchev–Trinajstić information content (AvgIpc) is 2.39. The Morgan fingerprint density at radius 2 is 2.26 bits per heavy atom. The van der Waals surface area contributed by atoms with Gasteiger partial charge in [-0.25, -0.2) is 0 Å². The average molecular weight is 260 g/mol. The van der Waals surface area contributed by atoms with Crippen molar-refractivity contribution in [1.29, 1.82) is 0 Å². The minimum Gasteiger partial charge on any atom is -0.377 e. The van der Waals surface area contributed by atoms with Gasteiger partial charge in [0.05, 0.1) is 11.8 Å². The summed E-state index contributed by atoms with van der Waals surface area (Å²) in [6.45, 7) is 8.49. The van der Waals surface area contributed by atoms with Crippen LogP contribution in [0.3, 0.4) is 0 Å². The van der Waals surface area contributed by atoms with Crippen molar-refractivity contribution >= 4 is 0 Å². The largest absolute Gasteiger partial charge is 0.377 e. The smallest absolute Gasteiger partial charge is 0.0684 e. The van der Waals surface area contributed by atoms with Gasteiger partial charge in [-0.1, -0.05) is 19.9 Å². The number of hydrogen-bond acceptors (Lipinski definition) is 3. The van der Waals surface area contributed by atoms with Gasteiger partial charge in [0.25, 0.3) is 0 Å². The van der Waals surface area contributed by atoms with Crippen molar-refractivity contribution in [2.45, 2.75) is 52.3 Å². The van der Waals surface area contributed by atoms with Crippen molar-refractivity contribution in [2.24, 2.45) is 11.3 Å². The Kier molecular flexibility index (Phi) is 3.35. The van der Waals surface area contributed by atoms with Crippen molar-refractivity contribution in [3.05, 3.63) is 29.6 Å². The monoisotopic (exact) mass is 260 g/mol. The van der Waals surface area contributed by atoms with Crippen LogP contribution < -0.4 is 5.32 Å². The van der Waals surface area contributed by atoms with Crippen LogP contribution in [0.2, 0.25) is 0 Å². The molecule has 3 unspecified atom stereocenters. The number of aromatic nitrogens is 1. The number of hydrogen-bond donors (Lipinski definition) is 1. The van der Waals surface area contributed by atoms with Crippen LogP contribution in [0.5, 0.6) is 0 Å². The third-order valence-electron chi connectivity index (χ3n) is 4.78. The summed E-state index contributed by atoms with van der Waals surface area (Å²) in [7, 11) is 0. The van der Waals surface area contributed by atoms with Crippen molar-refractivity contribution in [3.8, 4) is 0 Å². The van der Waals surface area contributed by atoms with Gasteiger partial charge in [0, 0.05) is 36.2 Å². The maximum Gasteiger partial charge on any atom is 0.0684 e. The number of nitrogens with one attached hydrogen (secondary N) is 1. The van der Waals surface area contributed by atoms with Crippen LogP contribution in [0.25, 0.3) is 0 Å². The molecule has 0 amide bonds. The van der Waals surface area contributed by atoms with E-state index in [1.165, 1.54) is 12.8 Å². The summed E-state index contributed by atoms with van der Waals surface area (Å²) in [4.78, 5) is 4.56. The van der Waals surface area contributed by atoms with Gasteiger partial charge in [-0.15, -0.1) is 0 Å². The first kappa shape index (κ1) is 13.1. The Labute approximate surface area is 115 Å². The summed E-state index contributed by atoms with van der Waals surface area (Å²) < 4.78 is 5.94. The summed E-state index contributed by atoms with van der Waals surface area (Å²) in [5, 5.41) is 3.71. The first-order valence-electron chi connectivity index (χ1n) is 7.36. The fraction of sp³-hybridized carbons (Fsp3) is 0.688. The lowest BCUT2D eigenvalue weighted by molar-refractivity contribution is -0.193. The second kappa shape index (κ2) is 4.88. The van der Waals surface area contributed by atoms with Gasteiger partial charge < -0.3 is 10.1 Å². The molecule has 104 valence electrons. The molecule has 3 atom stereocenters. The number of rotatable bonds is 3. The first-order chi connectivity index (χ1) is 9.09. The Bertz CT molecular complexity index is 458. The van der Waals surface area contributed by atoms with E-state index >= 15 is 0 Å². The maximum atomic E-state index is 5.94. The molecule has 1 aromatic heterocycles. The zero-order valence-corrected chi connectivity index (χ0v) is 12.1. The van der Waals surface area contributed by atoms with Crippen molar-refractivity contribution < 1.29 is 4.74 Å². The van der Waals surface area contributed by atoms with Crippen LogP contribution in [0.15, 0.2) is 18.2 Å². The molecule has 1 aliphatic heterocycles.